The molecule has 0 aliphatic carbocycles. The zero-order chi connectivity index (χ0) is 13.9. The van der Waals surface area contributed by atoms with Gasteiger partial charge in [0.2, 0.25) is 0 Å². The molecular formula is C12H24N2O4S. The highest BCUT2D eigenvalue weighted by Gasteiger charge is 2.36. The summed E-state index contributed by atoms with van der Waals surface area (Å²) in [6.45, 7) is 5.50. The monoisotopic (exact) mass is 292 g/mol. The van der Waals surface area contributed by atoms with Gasteiger partial charge in [-0.2, -0.15) is 12.7 Å². The van der Waals surface area contributed by atoms with Gasteiger partial charge >= 0.3 is 0 Å². The van der Waals surface area contributed by atoms with Gasteiger partial charge in [-0.15, -0.1) is 0 Å². The van der Waals surface area contributed by atoms with Crippen molar-refractivity contribution in [2.75, 3.05) is 46.6 Å². The van der Waals surface area contributed by atoms with Gasteiger partial charge in [0.1, 0.15) is 0 Å². The molecule has 7 heteroatoms. The lowest BCUT2D eigenvalue weighted by molar-refractivity contribution is -0.0967. The fourth-order valence-electron chi connectivity index (χ4n) is 2.53. The Morgan fingerprint density at radius 2 is 2.21 bits per heavy atom. The van der Waals surface area contributed by atoms with Crippen LogP contribution in [-0.4, -0.2) is 59.3 Å². The fourth-order valence-corrected chi connectivity index (χ4v) is 4.02. The lowest BCUT2D eigenvalue weighted by atomic mass is 9.89. The summed E-state index contributed by atoms with van der Waals surface area (Å²) in [6.07, 6.45) is 1.93. The molecule has 112 valence electrons. The van der Waals surface area contributed by atoms with Crippen LogP contribution in [0.2, 0.25) is 0 Å². The molecule has 0 bridgehead atoms. The van der Waals surface area contributed by atoms with Crippen LogP contribution in [0.25, 0.3) is 0 Å². The largest absolute Gasteiger partial charge is 0.384 e. The van der Waals surface area contributed by atoms with Crippen molar-refractivity contribution in [1.82, 2.24) is 9.03 Å². The maximum atomic E-state index is 12.3. The molecule has 2 aliphatic rings. The van der Waals surface area contributed by atoms with Crippen LogP contribution in [0.3, 0.4) is 0 Å². The lowest BCUT2D eigenvalue weighted by Crippen LogP contribution is -2.53. The van der Waals surface area contributed by atoms with Gasteiger partial charge in [0, 0.05) is 32.2 Å². The smallest absolute Gasteiger partial charge is 0.279 e. The Morgan fingerprint density at radius 1 is 1.47 bits per heavy atom. The quantitative estimate of drug-likeness (QED) is 0.760. The van der Waals surface area contributed by atoms with Crippen molar-refractivity contribution in [2.24, 2.45) is 11.3 Å². The lowest BCUT2D eigenvalue weighted by Gasteiger charge is -2.39. The first-order chi connectivity index (χ1) is 8.95. The van der Waals surface area contributed by atoms with Crippen LogP contribution >= 0.6 is 0 Å². The van der Waals surface area contributed by atoms with E-state index in [1.807, 2.05) is 6.92 Å². The number of nitrogens with zero attached hydrogens (tertiary/aromatic N) is 1. The first kappa shape index (κ1) is 15.2. The predicted octanol–water partition coefficient (Wildman–Crippen LogP) is 0.216. The number of hydrogen-bond donors (Lipinski definition) is 1. The van der Waals surface area contributed by atoms with Crippen molar-refractivity contribution < 1.29 is 17.9 Å². The van der Waals surface area contributed by atoms with E-state index in [0.717, 1.165) is 12.8 Å². The average molecular weight is 292 g/mol. The second-order valence-corrected chi connectivity index (χ2v) is 7.71. The zero-order valence-corrected chi connectivity index (χ0v) is 12.5. The first-order valence-electron chi connectivity index (χ1n) is 6.77. The molecule has 1 unspecified atom stereocenters. The maximum absolute atomic E-state index is 12.3. The summed E-state index contributed by atoms with van der Waals surface area (Å²) in [5, 5.41) is 0. The molecule has 2 saturated heterocycles. The summed E-state index contributed by atoms with van der Waals surface area (Å²) in [6, 6.07) is 0. The van der Waals surface area contributed by atoms with E-state index in [2.05, 4.69) is 4.72 Å². The highest BCUT2D eigenvalue weighted by molar-refractivity contribution is 7.87. The fraction of sp³-hybridized carbons (Fsp3) is 1.00. The summed E-state index contributed by atoms with van der Waals surface area (Å²) >= 11 is 0. The molecule has 0 aromatic heterocycles. The molecule has 0 radical (unpaired) electrons. The summed E-state index contributed by atoms with van der Waals surface area (Å²) < 4.78 is 39.0. The van der Waals surface area contributed by atoms with Gasteiger partial charge in [-0.3, -0.25) is 0 Å². The third-order valence-corrected chi connectivity index (χ3v) is 5.33. The zero-order valence-electron chi connectivity index (χ0n) is 11.7. The van der Waals surface area contributed by atoms with Crippen molar-refractivity contribution in [2.45, 2.75) is 19.8 Å². The topological polar surface area (TPSA) is 67.9 Å². The summed E-state index contributed by atoms with van der Waals surface area (Å²) in [4.78, 5) is 0. The molecule has 0 amide bonds. The van der Waals surface area contributed by atoms with Crippen LogP contribution in [0, 0.1) is 11.3 Å². The van der Waals surface area contributed by atoms with E-state index in [0.29, 0.717) is 45.4 Å². The molecule has 2 fully saturated rings. The van der Waals surface area contributed by atoms with Gasteiger partial charge in [0.25, 0.3) is 10.2 Å². The minimum absolute atomic E-state index is 0.0468. The molecule has 2 heterocycles. The van der Waals surface area contributed by atoms with Crippen LogP contribution < -0.4 is 4.72 Å². The van der Waals surface area contributed by atoms with Crippen LogP contribution in [0.5, 0.6) is 0 Å². The minimum atomic E-state index is -3.37. The van der Waals surface area contributed by atoms with Gasteiger partial charge in [0.15, 0.2) is 0 Å². The van der Waals surface area contributed by atoms with E-state index in [1.54, 1.807) is 11.4 Å². The van der Waals surface area contributed by atoms with E-state index in [1.165, 1.54) is 0 Å². The first-order valence-corrected chi connectivity index (χ1v) is 8.21. The van der Waals surface area contributed by atoms with Gasteiger partial charge in [-0.1, -0.05) is 6.92 Å². The predicted molar refractivity (Wildman–Crippen MR) is 72.0 cm³/mol. The Bertz CT molecular complexity index is 393. The number of nitrogens with one attached hydrogen (secondary N) is 1. The van der Waals surface area contributed by atoms with E-state index < -0.39 is 10.2 Å². The molecule has 0 spiro atoms. The molecule has 1 N–H and O–H groups in total. The van der Waals surface area contributed by atoms with Crippen molar-refractivity contribution in [3.63, 3.8) is 0 Å². The molecule has 6 nitrogen and oxygen atoms in total. The molecule has 0 saturated carbocycles. The van der Waals surface area contributed by atoms with Gasteiger partial charge in [-0.05, 0) is 18.8 Å². The Labute approximate surface area is 115 Å². The van der Waals surface area contributed by atoms with E-state index >= 15 is 0 Å². The Balaban J connectivity index is 1.87. The molecule has 2 rings (SSSR count). The van der Waals surface area contributed by atoms with Gasteiger partial charge < -0.3 is 9.47 Å². The third kappa shape index (κ3) is 3.88. The molecule has 1 atom stereocenters. The highest BCUT2D eigenvalue weighted by Crippen LogP contribution is 2.26. The molecule has 0 aromatic rings. The Morgan fingerprint density at radius 3 is 2.79 bits per heavy atom. The van der Waals surface area contributed by atoms with Gasteiger partial charge in [-0.25, -0.2) is 4.72 Å². The number of hydrogen-bond acceptors (Lipinski definition) is 4. The van der Waals surface area contributed by atoms with Crippen LogP contribution in [0.4, 0.5) is 0 Å². The van der Waals surface area contributed by atoms with Crippen molar-refractivity contribution >= 4 is 10.2 Å². The van der Waals surface area contributed by atoms with Crippen LogP contribution in [0.1, 0.15) is 19.8 Å². The van der Waals surface area contributed by atoms with Crippen molar-refractivity contribution in [3.8, 4) is 0 Å². The van der Waals surface area contributed by atoms with Crippen LogP contribution in [-0.2, 0) is 19.7 Å². The normalized spacial score (nSPS) is 28.0. The van der Waals surface area contributed by atoms with E-state index in [4.69, 9.17) is 9.47 Å². The molecule has 0 aromatic carbocycles. The number of methoxy groups -OCH3 is 1. The SMILES string of the molecule is COCC1CCCN(S(=O)(=O)NCC2(C)COC2)C1. The highest BCUT2D eigenvalue weighted by atomic mass is 32.2. The molecule has 19 heavy (non-hydrogen) atoms. The number of ether oxygens (including phenoxy) is 2. The molecule has 2 aliphatic heterocycles. The summed E-state index contributed by atoms with van der Waals surface area (Å²) in [7, 11) is -1.72. The minimum Gasteiger partial charge on any atom is -0.384 e. The standard InChI is InChI=1S/C12H24N2O4S/c1-12(9-18-10-12)8-13-19(15,16)14-5-3-4-11(6-14)7-17-2/h11,13H,3-10H2,1-2H3. The number of piperidine rings is 1. The average Bonchev–Trinajstić information content (AvgIpc) is 2.35. The second kappa shape index (κ2) is 6.05. The summed E-state index contributed by atoms with van der Waals surface area (Å²) in [5.41, 5.74) is -0.0468. The van der Waals surface area contributed by atoms with E-state index in [-0.39, 0.29) is 5.41 Å². The summed E-state index contributed by atoms with van der Waals surface area (Å²) in [5.74, 6) is 0.304. The van der Waals surface area contributed by atoms with Gasteiger partial charge in [0.05, 0.1) is 19.8 Å². The Kier molecular flexibility index (Phi) is 4.84. The van der Waals surface area contributed by atoms with E-state index in [9.17, 15) is 8.42 Å². The molecular weight excluding hydrogens is 268 g/mol. The second-order valence-electron chi connectivity index (χ2n) is 5.95. The van der Waals surface area contributed by atoms with Crippen molar-refractivity contribution in [1.29, 1.82) is 0 Å². The number of rotatable bonds is 6. The Hall–Kier alpha value is -0.210. The van der Waals surface area contributed by atoms with Crippen LogP contribution in [0.15, 0.2) is 0 Å². The van der Waals surface area contributed by atoms with Crippen molar-refractivity contribution in [3.05, 3.63) is 0 Å². The third-order valence-electron chi connectivity index (χ3n) is 3.81. The maximum Gasteiger partial charge on any atom is 0.279 e.